The SMILES string of the molecule is CCn1nccc1CNc1ccccc1C(=O)OC. The van der Waals surface area contributed by atoms with Crippen molar-refractivity contribution in [3.05, 3.63) is 47.8 Å². The number of carbonyl (C=O) groups excluding carboxylic acids is 1. The largest absolute Gasteiger partial charge is 0.465 e. The average Bonchev–Trinajstić information content (AvgIpc) is 2.92. The van der Waals surface area contributed by atoms with Crippen molar-refractivity contribution in [3.8, 4) is 0 Å². The summed E-state index contributed by atoms with van der Waals surface area (Å²) in [6, 6.07) is 9.25. The number of anilines is 1. The fourth-order valence-electron chi connectivity index (χ4n) is 1.91. The standard InChI is InChI=1S/C14H17N3O2/c1-3-17-11(8-9-16-17)10-15-13-7-5-4-6-12(13)14(18)19-2/h4-9,15H,3,10H2,1-2H3. The molecule has 0 amide bonds. The van der Waals surface area contributed by atoms with Crippen LogP contribution >= 0.6 is 0 Å². The summed E-state index contributed by atoms with van der Waals surface area (Å²) in [5, 5.41) is 7.45. The summed E-state index contributed by atoms with van der Waals surface area (Å²) >= 11 is 0. The number of carbonyl (C=O) groups is 1. The third kappa shape index (κ3) is 2.93. The number of benzene rings is 1. The Labute approximate surface area is 112 Å². The Morgan fingerprint density at radius 2 is 2.16 bits per heavy atom. The molecule has 0 saturated carbocycles. The second-order valence-electron chi connectivity index (χ2n) is 4.03. The van der Waals surface area contributed by atoms with E-state index in [9.17, 15) is 4.79 Å². The van der Waals surface area contributed by atoms with Gasteiger partial charge in [0.2, 0.25) is 0 Å². The molecule has 100 valence electrons. The summed E-state index contributed by atoms with van der Waals surface area (Å²) in [6.45, 7) is 3.48. The normalized spacial score (nSPS) is 10.2. The van der Waals surface area contributed by atoms with Gasteiger partial charge in [0.15, 0.2) is 0 Å². The molecule has 0 radical (unpaired) electrons. The maximum absolute atomic E-state index is 11.6. The Hall–Kier alpha value is -2.30. The number of nitrogens with zero attached hydrogens (tertiary/aromatic N) is 2. The van der Waals surface area contributed by atoms with Crippen LogP contribution in [-0.2, 0) is 17.8 Å². The van der Waals surface area contributed by atoms with Crippen LogP contribution in [0.1, 0.15) is 23.0 Å². The zero-order chi connectivity index (χ0) is 13.7. The lowest BCUT2D eigenvalue weighted by atomic mass is 10.2. The van der Waals surface area contributed by atoms with E-state index >= 15 is 0 Å². The number of aryl methyl sites for hydroxylation is 1. The van der Waals surface area contributed by atoms with Gasteiger partial charge in [-0.1, -0.05) is 12.1 Å². The topological polar surface area (TPSA) is 56.2 Å². The Bertz CT molecular complexity index is 563. The van der Waals surface area contributed by atoms with Gasteiger partial charge in [0.25, 0.3) is 0 Å². The molecule has 0 bridgehead atoms. The minimum Gasteiger partial charge on any atom is -0.465 e. The molecule has 0 spiro atoms. The molecule has 0 aliphatic rings. The molecule has 2 rings (SSSR count). The van der Waals surface area contributed by atoms with Crippen LogP contribution in [0.4, 0.5) is 5.69 Å². The van der Waals surface area contributed by atoms with Gasteiger partial charge in [0, 0.05) is 18.4 Å². The van der Waals surface area contributed by atoms with Crippen molar-refractivity contribution in [2.75, 3.05) is 12.4 Å². The first kappa shape index (κ1) is 13.1. The van der Waals surface area contributed by atoms with Gasteiger partial charge in [-0.3, -0.25) is 4.68 Å². The van der Waals surface area contributed by atoms with Crippen molar-refractivity contribution >= 4 is 11.7 Å². The second-order valence-corrected chi connectivity index (χ2v) is 4.03. The summed E-state index contributed by atoms with van der Waals surface area (Å²) in [5.41, 5.74) is 2.37. The van der Waals surface area contributed by atoms with E-state index in [0.29, 0.717) is 12.1 Å². The van der Waals surface area contributed by atoms with E-state index in [4.69, 9.17) is 4.74 Å². The van der Waals surface area contributed by atoms with Gasteiger partial charge in [0.05, 0.1) is 24.9 Å². The van der Waals surface area contributed by atoms with Crippen molar-refractivity contribution < 1.29 is 9.53 Å². The molecule has 0 aliphatic carbocycles. The number of nitrogens with one attached hydrogen (secondary N) is 1. The number of rotatable bonds is 5. The van der Waals surface area contributed by atoms with Gasteiger partial charge in [-0.2, -0.15) is 5.10 Å². The highest BCUT2D eigenvalue weighted by Gasteiger charge is 2.11. The third-order valence-electron chi connectivity index (χ3n) is 2.90. The molecular formula is C14H17N3O2. The van der Waals surface area contributed by atoms with Crippen molar-refractivity contribution in [3.63, 3.8) is 0 Å². The fourth-order valence-corrected chi connectivity index (χ4v) is 1.91. The number of aromatic nitrogens is 2. The van der Waals surface area contributed by atoms with Gasteiger partial charge < -0.3 is 10.1 Å². The van der Waals surface area contributed by atoms with Crippen molar-refractivity contribution in [1.82, 2.24) is 9.78 Å². The number of para-hydroxylation sites is 1. The van der Waals surface area contributed by atoms with E-state index in [1.54, 1.807) is 12.3 Å². The molecule has 0 unspecified atom stereocenters. The molecule has 2 aromatic rings. The van der Waals surface area contributed by atoms with Gasteiger partial charge in [-0.15, -0.1) is 0 Å². The lowest BCUT2D eigenvalue weighted by Gasteiger charge is -2.11. The molecule has 0 saturated heterocycles. The van der Waals surface area contributed by atoms with Crippen molar-refractivity contribution in [2.45, 2.75) is 20.0 Å². The molecule has 5 heteroatoms. The van der Waals surface area contributed by atoms with E-state index in [0.717, 1.165) is 17.9 Å². The first-order valence-electron chi connectivity index (χ1n) is 6.18. The molecule has 0 aliphatic heterocycles. The Morgan fingerprint density at radius 3 is 2.89 bits per heavy atom. The second kappa shape index (κ2) is 6.04. The van der Waals surface area contributed by atoms with Crippen LogP contribution in [0.3, 0.4) is 0 Å². The summed E-state index contributed by atoms with van der Waals surface area (Å²) in [6.07, 6.45) is 1.77. The number of hydrogen-bond donors (Lipinski definition) is 1. The van der Waals surface area contributed by atoms with Crippen molar-refractivity contribution in [2.24, 2.45) is 0 Å². The Kier molecular flexibility index (Phi) is 4.18. The van der Waals surface area contributed by atoms with Crippen LogP contribution in [0.5, 0.6) is 0 Å². The van der Waals surface area contributed by atoms with E-state index in [2.05, 4.69) is 10.4 Å². The molecule has 1 heterocycles. The van der Waals surface area contributed by atoms with E-state index in [1.165, 1.54) is 7.11 Å². The summed E-state index contributed by atoms with van der Waals surface area (Å²) < 4.78 is 6.67. The predicted octanol–water partition coefficient (Wildman–Crippen LogP) is 2.30. The maximum atomic E-state index is 11.6. The molecular weight excluding hydrogens is 242 g/mol. The number of esters is 1. The lowest BCUT2D eigenvalue weighted by molar-refractivity contribution is 0.0602. The summed E-state index contributed by atoms with van der Waals surface area (Å²) in [5.74, 6) is -0.341. The highest BCUT2D eigenvalue weighted by molar-refractivity contribution is 5.95. The molecule has 0 fully saturated rings. The summed E-state index contributed by atoms with van der Waals surface area (Å²) in [7, 11) is 1.38. The predicted molar refractivity (Wildman–Crippen MR) is 73.0 cm³/mol. The smallest absolute Gasteiger partial charge is 0.339 e. The third-order valence-corrected chi connectivity index (χ3v) is 2.90. The molecule has 19 heavy (non-hydrogen) atoms. The Balaban J connectivity index is 2.14. The van der Waals surface area contributed by atoms with E-state index in [-0.39, 0.29) is 5.97 Å². The van der Waals surface area contributed by atoms with Crippen LogP contribution < -0.4 is 5.32 Å². The highest BCUT2D eigenvalue weighted by Crippen LogP contribution is 2.17. The zero-order valence-electron chi connectivity index (χ0n) is 11.1. The van der Waals surface area contributed by atoms with Crippen LogP contribution in [0.15, 0.2) is 36.5 Å². The monoisotopic (exact) mass is 259 g/mol. The maximum Gasteiger partial charge on any atom is 0.339 e. The molecule has 1 aromatic carbocycles. The van der Waals surface area contributed by atoms with Gasteiger partial charge in [-0.25, -0.2) is 4.79 Å². The lowest BCUT2D eigenvalue weighted by Crippen LogP contribution is -2.11. The number of hydrogen-bond acceptors (Lipinski definition) is 4. The quantitative estimate of drug-likeness (QED) is 0.837. The van der Waals surface area contributed by atoms with Gasteiger partial charge in [0.1, 0.15) is 0 Å². The summed E-state index contributed by atoms with van der Waals surface area (Å²) in [4.78, 5) is 11.6. The van der Waals surface area contributed by atoms with Gasteiger partial charge in [-0.05, 0) is 25.1 Å². The highest BCUT2D eigenvalue weighted by atomic mass is 16.5. The molecule has 1 aromatic heterocycles. The zero-order valence-corrected chi connectivity index (χ0v) is 11.1. The minimum atomic E-state index is -0.341. The Morgan fingerprint density at radius 1 is 1.37 bits per heavy atom. The van der Waals surface area contributed by atoms with Crippen LogP contribution in [0.2, 0.25) is 0 Å². The number of ether oxygens (including phenoxy) is 1. The minimum absolute atomic E-state index is 0.341. The molecule has 1 N–H and O–H groups in total. The first-order valence-corrected chi connectivity index (χ1v) is 6.18. The van der Waals surface area contributed by atoms with Crippen molar-refractivity contribution in [1.29, 1.82) is 0 Å². The molecule has 0 atom stereocenters. The average molecular weight is 259 g/mol. The van der Waals surface area contributed by atoms with Crippen LogP contribution in [0.25, 0.3) is 0 Å². The van der Waals surface area contributed by atoms with E-state index in [1.807, 2.05) is 35.9 Å². The van der Waals surface area contributed by atoms with Gasteiger partial charge >= 0.3 is 5.97 Å². The number of methoxy groups -OCH3 is 1. The molecule has 5 nitrogen and oxygen atoms in total. The van der Waals surface area contributed by atoms with Crippen LogP contribution in [-0.4, -0.2) is 22.9 Å². The van der Waals surface area contributed by atoms with Crippen LogP contribution in [0, 0.1) is 0 Å². The first-order chi connectivity index (χ1) is 9.26. The fraction of sp³-hybridized carbons (Fsp3) is 0.286. The van der Waals surface area contributed by atoms with E-state index < -0.39 is 0 Å².